The molecule has 1 aromatic carbocycles. The van der Waals surface area contributed by atoms with Gasteiger partial charge in [0.25, 0.3) is 5.56 Å². The van der Waals surface area contributed by atoms with Crippen LogP contribution in [0.15, 0.2) is 35.3 Å². The summed E-state index contributed by atoms with van der Waals surface area (Å²) < 4.78 is 26.7. The van der Waals surface area contributed by atoms with Crippen LogP contribution in [0, 0.1) is 11.6 Å². The summed E-state index contributed by atoms with van der Waals surface area (Å²) >= 11 is 0. The van der Waals surface area contributed by atoms with E-state index < -0.39 is 23.8 Å². The number of pyridine rings is 1. The van der Waals surface area contributed by atoms with Crippen LogP contribution in [-0.2, 0) is 6.61 Å². The minimum Gasteiger partial charge on any atom is -0.392 e. The molecule has 1 heterocycles. The van der Waals surface area contributed by atoms with Crippen LogP contribution >= 0.6 is 0 Å². The van der Waals surface area contributed by atoms with E-state index in [-0.39, 0.29) is 16.7 Å². The van der Waals surface area contributed by atoms with Crippen molar-refractivity contribution >= 4 is 0 Å². The second-order valence-electron chi connectivity index (χ2n) is 3.47. The molecule has 0 aliphatic heterocycles. The molecule has 88 valence electrons. The van der Waals surface area contributed by atoms with Gasteiger partial charge in [-0.15, -0.1) is 0 Å². The van der Waals surface area contributed by atoms with Gasteiger partial charge in [-0.25, -0.2) is 8.78 Å². The van der Waals surface area contributed by atoms with Gasteiger partial charge < -0.3 is 10.1 Å². The van der Waals surface area contributed by atoms with E-state index >= 15 is 0 Å². The summed E-state index contributed by atoms with van der Waals surface area (Å²) in [6, 6.07) is 5.01. The van der Waals surface area contributed by atoms with Gasteiger partial charge in [0, 0.05) is 11.8 Å². The summed E-state index contributed by atoms with van der Waals surface area (Å²) in [5, 5.41) is 9.10. The number of rotatable bonds is 2. The average molecular weight is 237 g/mol. The van der Waals surface area contributed by atoms with Crippen molar-refractivity contribution in [3.05, 3.63) is 58.0 Å². The molecule has 5 heteroatoms. The maximum absolute atomic E-state index is 13.6. The van der Waals surface area contributed by atoms with Crippen molar-refractivity contribution in [1.29, 1.82) is 0 Å². The molecule has 0 fully saturated rings. The maximum Gasteiger partial charge on any atom is 0.256 e. The lowest BCUT2D eigenvalue weighted by Crippen LogP contribution is -2.12. The molecule has 0 atom stereocenters. The SMILES string of the molecule is O=c1[nH]ccc(CO)c1-c1cccc(F)c1F. The van der Waals surface area contributed by atoms with Crippen LogP contribution in [0.25, 0.3) is 11.1 Å². The Morgan fingerprint density at radius 1 is 1.24 bits per heavy atom. The molecule has 0 radical (unpaired) electrons. The van der Waals surface area contributed by atoms with Crippen molar-refractivity contribution in [2.75, 3.05) is 0 Å². The van der Waals surface area contributed by atoms with Gasteiger partial charge in [-0.2, -0.15) is 0 Å². The van der Waals surface area contributed by atoms with Gasteiger partial charge in [-0.3, -0.25) is 4.79 Å². The highest BCUT2D eigenvalue weighted by molar-refractivity contribution is 5.66. The first-order valence-corrected chi connectivity index (χ1v) is 4.91. The van der Waals surface area contributed by atoms with E-state index in [9.17, 15) is 13.6 Å². The molecule has 0 saturated carbocycles. The number of nitrogens with one attached hydrogen (secondary N) is 1. The largest absolute Gasteiger partial charge is 0.392 e. The van der Waals surface area contributed by atoms with Crippen LogP contribution in [0.4, 0.5) is 8.78 Å². The van der Waals surface area contributed by atoms with E-state index in [1.807, 2.05) is 0 Å². The zero-order chi connectivity index (χ0) is 12.4. The normalized spacial score (nSPS) is 10.5. The number of H-pyrrole nitrogens is 1. The van der Waals surface area contributed by atoms with Gasteiger partial charge in [0.1, 0.15) is 0 Å². The lowest BCUT2D eigenvalue weighted by Gasteiger charge is -2.07. The van der Waals surface area contributed by atoms with Crippen LogP contribution in [0.1, 0.15) is 5.56 Å². The first-order chi connectivity index (χ1) is 8.15. The van der Waals surface area contributed by atoms with Crippen LogP contribution in [-0.4, -0.2) is 10.1 Å². The quantitative estimate of drug-likeness (QED) is 0.837. The topological polar surface area (TPSA) is 53.1 Å². The molecule has 3 nitrogen and oxygen atoms in total. The minimum absolute atomic E-state index is 0.0491. The highest BCUT2D eigenvalue weighted by atomic mass is 19.2. The summed E-state index contributed by atoms with van der Waals surface area (Å²) in [6.07, 6.45) is 1.34. The van der Waals surface area contributed by atoms with Gasteiger partial charge in [0.05, 0.1) is 12.2 Å². The summed E-state index contributed by atoms with van der Waals surface area (Å²) in [6.45, 7) is -0.421. The van der Waals surface area contributed by atoms with Crippen LogP contribution < -0.4 is 5.56 Å². The number of halogens is 2. The van der Waals surface area contributed by atoms with Crippen molar-refractivity contribution in [1.82, 2.24) is 4.98 Å². The molecule has 0 aliphatic rings. The van der Waals surface area contributed by atoms with Gasteiger partial charge in [-0.05, 0) is 17.7 Å². The first-order valence-electron chi connectivity index (χ1n) is 4.91. The van der Waals surface area contributed by atoms with E-state index in [0.29, 0.717) is 0 Å². The Kier molecular flexibility index (Phi) is 3.01. The fourth-order valence-electron chi connectivity index (χ4n) is 1.64. The van der Waals surface area contributed by atoms with E-state index in [2.05, 4.69) is 4.98 Å². The Morgan fingerprint density at radius 2 is 2.00 bits per heavy atom. The molecule has 0 spiro atoms. The number of aromatic amines is 1. The van der Waals surface area contributed by atoms with Crippen molar-refractivity contribution in [2.24, 2.45) is 0 Å². The summed E-state index contributed by atoms with van der Waals surface area (Å²) in [4.78, 5) is 14.0. The lowest BCUT2D eigenvalue weighted by molar-refractivity contribution is 0.282. The molecule has 1 aromatic heterocycles. The van der Waals surface area contributed by atoms with Gasteiger partial charge in [-0.1, -0.05) is 12.1 Å². The second-order valence-corrected chi connectivity index (χ2v) is 3.47. The molecular formula is C12H9F2NO2. The van der Waals surface area contributed by atoms with Crippen LogP contribution in [0.2, 0.25) is 0 Å². The van der Waals surface area contributed by atoms with Crippen molar-refractivity contribution in [2.45, 2.75) is 6.61 Å². The highest BCUT2D eigenvalue weighted by Gasteiger charge is 2.15. The third-order valence-electron chi connectivity index (χ3n) is 2.44. The Hall–Kier alpha value is -2.01. The van der Waals surface area contributed by atoms with E-state index in [4.69, 9.17) is 5.11 Å². The van der Waals surface area contributed by atoms with Crippen molar-refractivity contribution in [3.8, 4) is 11.1 Å². The number of hydrogen-bond donors (Lipinski definition) is 2. The Morgan fingerprint density at radius 3 is 2.71 bits per heavy atom. The van der Waals surface area contributed by atoms with E-state index in [1.165, 1.54) is 24.4 Å². The van der Waals surface area contributed by atoms with Gasteiger partial charge >= 0.3 is 0 Å². The maximum atomic E-state index is 13.6. The zero-order valence-electron chi connectivity index (χ0n) is 8.71. The molecule has 0 amide bonds. The van der Waals surface area contributed by atoms with Gasteiger partial charge in [0.2, 0.25) is 0 Å². The molecule has 0 saturated heterocycles. The van der Waals surface area contributed by atoms with E-state index in [1.54, 1.807) is 0 Å². The standard InChI is InChI=1S/C12H9F2NO2/c13-9-3-1-2-8(11(9)14)10-7(6-16)4-5-15-12(10)17/h1-5,16H,6H2,(H,15,17). The smallest absolute Gasteiger partial charge is 0.256 e. The Balaban J connectivity index is 2.77. The summed E-state index contributed by atoms with van der Waals surface area (Å²) in [5.74, 6) is -2.13. The number of aliphatic hydroxyl groups is 1. The average Bonchev–Trinajstić information content (AvgIpc) is 2.33. The predicted octanol–water partition coefficient (Wildman–Crippen LogP) is 1.81. The first kappa shape index (κ1) is 11.5. The molecule has 2 N–H and O–H groups in total. The van der Waals surface area contributed by atoms with Crippen molar-refractivity contribution in [3.63, 3.8) is 0 Å². The third-order valence-corrected chi connectivity index (χ3v) is 2.44. The molecular weight excluding hydrogens is 228 g/mol. The van der Waals surface area contributed by atoms with E-state index in [0.717, 1.165) is 6.07 Å². The monoisotopic (exact) mass is 237 g/mol. The number of aliphatic hydroxyl groups excluding tert-OH is 1. The summed E-state index contributed by atoms with van der Waals surface area (Å²) in [5.41, 5.74) is -0.526. The zero-order valence-corrected chi connectivity index (χ0v) is 8.71. The highest BCUT2D eigenvalue weighted by Crippen LogP contribution is 2.24. The molecule has 0 unspecified atom stereocenters. The minimum atomic E-state index is -1.10. The number of benzene rings is 1. The number of hydrogen-bond acceptors (Lipinski definition) is 2. The van der Waals surface area contributed by atoms with Crippen molar-refractivity contribution < 1.29 is 13.9 Å². The Labute approximate surface area is 95.4 Å². The molecule has 2 aromatic rings. The molecule has 0 bridgehead atoms. The fourth-order valence-corrected chi connectivity index (χ4v) is 1.64. The molecule has 17 heavy (non-hydrogen) atoms. The third kappa shape index (κ3) is 1.97. The second kappa shape index (κ2) is 4.47. The lowest BCUT2D eigenvalue weighted by atomic mass is 10.0. The molecule has 0 aliphatic carbocycles. The van der Waals surface area contributed by atoms with Crippen LogP contribution in [0.5, 0.6) is 0 Å². The van der Waals surface area contributed by atoms with Crippen LogP contribution in [0.3, 0.4) is 0 Å². The predicted molar refractivity (Wildman–Crippen MR) is 58.3 cm³/mol. The Bertz CT molecular complexity index is 608. The fraction of sp³-hybridized carbons (Fsp3) is 0.0833. The number of aromatic nitrogens is 1. The van der Waals surface area contributed by atoms with Gasteiger partial charge in [0.15, 0.2) is 11.6 Å². The summed E-state index contributed by atoms with van der Waals surface area (Å²) in [7, 11) is 0. The molecule has 2 rings (SSSR count).